The van der Waals surface area contributed by atoms with Crippen molar-refractivity contribution in [2.24, 2.45) is 0 Å². The van der Waals surface area contributed by atoms with Gasteiger partial charge in [-0.3, -0.25) is 10.1 Å². The predicted molar refractivity (Wildman–Crippen MR) is 152 cm³/mol. The minimum atomic E-state index is -0.354. The standard InChI is InChI=1S/C30H27N3O3S/c1-4-18(2)19-12-13-26-25(16-19)32-29(36-26)22-10-7-11-23(14-22)31-30(37)33-28(34)24-15-20-8-5-6-9-21(20)17-27(24)35-3/h5-18H,4H2,1-3H3,(H2,31,33,34,37)/t18-/m0/s1. The second-order valence-electron chi connectivity index (χ2n) is 8.94. The monoisotopic (exact) mass is 509 g/mol. The maximum Gasteiger partial charge on any atom is 0.261 e. The van der Waals surface area contributed by atoms with Gasteiger partial charge in [0.1, 0.15) is 11.3 Å². The number of oxazole rings is 1. The zero-order chi connectivity index (χ0) is 25.9. The van der Waals surface area contributed by atoms with Gasteiger partial charge >= 0.3 is 0 Å². The Morgan fingerprint density at radius 2 is 1.81 bits per heavy atom. The molecule has 0 saturated carbocycles. The molecule has 0 radical (unpaired) electrons. The third-order valence-corrected chi connectivity index (χ3v) is 6.70. The number of aromatic nitrogens is 1. The second-order valence-corrected chi connectivity index (χ2v) is 9.35. The number of anilines is 1. The van der Waals surface area contributed by atoms with Crippen LogP contribution in [-0.4, -0.2) is 23.1 Å². The normalized spacial score (nSPS) is 11.9. The quantitative estimate of drug-likeness (QED) is 0.234. The highest BCUT2D eigenvalue weighted by Gasteiger charge is 2.16. The highest BCUT2D eigenvalue weighted by molar-refractivity contribution is 7.80. The van der Waals surface area contributed by atoms with Crippen LogP contribution in [0.15, 0.2) is 83.3 Å². The number of methoxy groups -OCH3 is 1. The summed E-state index contributed by atoms with van der Waals surface area (Å²) in [5.74, 6) is 1.11. The van der Waals surface area contributed by atoms with Gasteiger partial charge in [0.2, 0.25) is 5.89 Å². The summed E-state index contributed by atoms with van der Waals surface area (Å²) in [5.41, 5.74) is 4.73. The van der Waals surface area contributed by atoms with E-state index in [2.05, 4.69) is 36.6 Å². The van der Waals surface area contributed by atoms with Crippen molar-refractivity contribution in [3.8, 4) is 17.2 Å². The third-order valence-electron chi connectivity index (χ3n) is 6.50. The Bertz CT molecular complexity index is 1630. The number of thiocarbonyl (C=S) groups is 1. The van der Waals surface area contributed by atoms with Crippen LogP contribution in [0.1, 0.15) is 42.1 Å². The van der Waals surface area contributed by atoms with Crippen LogP contribution in [0.3, 0.4) is 0 Å². The molecule has 0 aliphatic rings. The van der Waals surface area contributed by atoms with E-state index in [9.17, 15) is 4.79 Å². The maximum absolute atomic E-state index is 13.0. The van der Waals surface area contributed by atoms with E-state index in [0.717, 1.165) is 33.9 Å². The number of rotatable bonds is 6. The zero-order valence-electron chi connectivity index (χ0n) is 20.9. The van der Waals surface area contributed by atoms with Crippen LogP contribution < -0.4 is 15.4 Å². The topological polar surface area (TPSA) is 76.4 Å². The molecule has 0 unspecified atom stereocenters. The number of ether oxygens (including phenoxy) is 1. The van der Waals surface area contributed by atoms with Crippen LogP contribution >= 0.6 is 12.2 Å². The van der Waals surface area contributed by atoms with Gasteiger partial charge in [0, 0.05) is 11.3 Å². The summed E-state index contributed by atoms with van der Waals surface area (Å²) in [6, 6.07) is 25.1. The number of nitrogens with zero attached hydrogens (tertiary/aromatic N) is 1. The van der Waals surface area contributed by atoms with Crippen molar-refractivity contribution in [2.75, 3.05) is 12.4 Å². The predicted octanol–water partition coefficient (Wildman–Crippen LogP) is 7.30. The van der Waals surface area contributed by atoms with Crippen LogP contribution in [0.5, 0.6) is 5.75 Å². The first kappa shape index (κ1) is 24.5. The van der Waals surface area contributed by atoms with Gasteiger partial charge in [-0.25, -0.2) is 4.98 Å². The fraction of sp³-hybridized carbons (Fsp3) is 0.167. The van der Waals surface area contributed by atoms with E-state index >= 15 is 0 Å². The van der Waals surface area contributed by atoms with Crippen LogP contribution in [0.2, 0.25) is 0 Å². The van der Waals surface area contributed by atoms with Gasteiger partial charge in [0.25, 0.3) is 5.91 Å². The summed E-state index contributed by atoms with van der Waals surface area (Å²) in [4.78, 5) is 17.7. The lowest BCUT2D eigenvalue weighted by Crippen LogP contribution is -2.34. The van der Waals surface area contributed by atoms with Gasteiger partial charge < -0.3 is 14.5 Å². The Morgan fingerprint density at radius 3 is 2.57 bits per heavy atom. The van der Waals surface area contributed by atoms with Crippen LogP contribution in [0.4, 0.5) is 5.69 Å². The molecule has 0 saturated heterocycles. The summed E-state index contributed by atoms with van der Waals surface area (Å²) >= 11 is 5.43. The Morgan fingerprint density at radius 1 is 1.03 bits per heavy atom. The van der Waals surface area contributed by atoms with E-state index in [-0.39, 0.29) is 11.0 Å². The highest BCUT2D eigenvalue weighted by Crippen LogP contribution is 2.29. The molecule has 7 heteroatoms. The molecule has 0 aliphatic heterocycles. The molecule has 5 aromatic rings. The van der Waals surface area contributed by atoms with E-state index in [1.807, 2.05) is 60.7 Å². The molecule has 0 spiro atoms. The Balaban J connectivity index is 1.33. The Hall–Kier alpha value is -4.23. The van der Waals surface area contributed by atoms with Crippen molar-refractivity contribution >= 4 is 50.8 Å². The third kappa shape index (κ3) is 5.17. The lowest BCUT2D eigenvalue weighted by molar-refractivity contribution is 0.0975. The SMILES string of the molecule is CC[C@H](C)c1ccc2oc(-c3cccc(NC(=S)NC(=O)c4cc5ccccc5cc4OC)c3)nc2c1. The first-order chi connectivity index (χ1) is 17.9. The molecule has 4 aromatic carbocycles. The minimum Gasteiger partial charge on any atom is -0.496 e. The van der Waals surface area contributed by atoms with Gasteiger partial charge in [-0.1, -0.05) is 50.2 Å². The number of hydrogen-bond donors (Lipinski definition) is 2. The van der Waals surface area contributed by atoms with Gasteiger partial charge in [-0.2, -0.15) is 0 Å². The number of fused-ring (bicyclic) bond motifs is 2. The molecule has 2 N–H and O–H groups in total. The number of nitrogens with one attached hydrogen (secondary N) is 2. The average Bonchev–Trinajstić information content (AvgIpc) is 3.35. The molecule has 186 valence electrons. The fourth-order valence-electron chi connectivity index (χ4n) is 4.24. The molecule has 6 nitrogen and oxygen atoms in total. The van der Waals surface area contributed by atoms with Gasteiger partial charge in [-0.05, 0) is 83.4 Å². The first-order valence-electron chi connectivity index (χ1n) is 12.1. The second kappa shape index (κ2) is 10.4. The van der Waals surface area contributed by atoms with E-state index in [1.165, 1.54) is 5.56 Å². The lowest BCUT2D eigenvalue weighted by Gasteiger charge is -2.13. The maximum atomic E-state index is 13.0. The molecule has 37 heavy (non-hydrogen) atoms. The van der Waals surface area contributed by atoms with Crippen molar-refractivity contribution < 1.29 is 13.9 Å². The summed E-state index contributed by atoms with van der Waals surface area (Å²) in [6.07, 6.45) is 1.06. The molecule has 1 heterocycles. The van der Waals surface area contributed by atoms with Crippen LogP contribution in [0.25, 0.3) is 33.3 Å². The fourth-order valence-corrected chi connectivity index (χ4v) is 4.45. The summed E-state index contributed by atoms with van der Waals surface area (Å²) in [6.45, 7) is 4.38. The Labute approximate surface area is 220 Å². The molecule has 1 aromatic heterocycles. The first-order valence-corrected chi connectivity index (χ1v) is 12.6. The van der Waals surface area contributed by atoms with Crippen LogP contribution in [0, 0.1) is 0 Å². The largest absolute Gasteiger partial charge is 0.496 e. The van der Waals surface area contributed by atoms with Crippen molar-refractivity contribution in [2.45, 2.75) is 26.2 Å². The molecule has 1 amide bonds. The van der Waals surface area contributed by atoms with Crippen LogP contribution in [-0.2, 0) is 0 Å². The highest BCUT2D eigenvalue weighted by atomic mass is 32.1. The van der Waals surface area contributed by atoms with Gasteiger partial charge in [0.15, 0.2) is 10.7 Å². The molecule has 1 atom stereocenters. The average molecular weight is 510 g/mol. The van der Waals surface area contributed by atoms with Crippen molar-refractivity contribution in [3.63, 3.8) is 0 Å². The summed E-state index contributed by atoms with van der Waals surface area (Å²) in [5, 5.41) is 7.93. The zero-order valence-corrected chi connectivity index (χ0v) is 21.7. The molecular formula is C30H27N3O3S. The smallest absolute Gasteiger partial charge is 0.261 e. The van der Waals surface area contributed by atoms with Gasteiger partial charge in [-0.15, -0.1) is 0 Å². The molecule has 0 bridgehead atoms. The van der Waals surface area contributed by atoms with E-state index in [1.54, 1.807) is 13.2 Å². The molecule has 0 aliphatic carbocycles. The molecule has 5 rings (SSSR count). The number of carbonyl (C=O) groups excluding carboxylic acids is 1. The van der Waals surface area contributed by atoms with Crippen molar-refractivity contribution in [1.29, 1.82) is 0 Å². The van der Waals surface area contributed by atoms with E-state index in [4.69, 9.17) is 26.4 Å². The van der Waals surface area contributed by atoms with Crippen molar-refractivity contribution in [3.05, 3.63) is 90.0 Å². The summed E-state index contributed by atoms with van der Waals surface area (Å²) < 4.78 is 11.5. The molecule has 0 fully saturated rings. The number of hydrogen-bond acceptors (Lipinski definition) is 5. The van der Waals surface area contributed by atoms with E-state index < -0.39 is 0 Å². The number of carbonyl (C=O) groups is 1. The van der Waals surface area contributed by atoms with Crippen molar-refractivity contribution in [1.82, 2.24) is 10.3 Å². The summed E-state index contributed by atoms with van der Waals surface area (Å²) in [7, 11) is 1.54. The van der Waals surface area contributed by atoms with Gasteiger partial charge in [0.05, 0.1) is 12.7 Å². The number of amides is 1. The Kier molecular flexibility index (Phi) is 6.88. The molecular weight excluding hydrogens is 482 g/mol. The lowest BCUT2D eigenvalue weighted by atomic mass is 9.98. The minimum absolute atomic E-state index is 0.174. The van der Waals surface area contributed by atoms with E-state index in [0.29, 0.717) is 28.8 Å². The number of benzene rings is 4.